The molecule has 7 nitrogen and oxygen atoms in total. The molecule has 0 spiro atoms. The minimum Gasteiger partial charge on any atom is -0.486 e. The van der Waals surface area contributed by atoms with Crippen molar-refractivity contribution in [1.29, 1.82) is 0 Å². The molecule has 0 aliphatic heterocycles. The van der Waals surface area contributed by atoms with Crippen LogP contribution in [0.25, 0.3) is 0 Å². The number of hydrogen-bond acceptors (Lipinski definition) is 6. The second-order valence-corrected chi connectivity index (χ2v) is 4.67. The molecule has 5 N–H and O–H groups in total. The molecule has 0 saturated heterocycles. The quantitative estimate of drug-likeness (QED) is 0.339. The molecule has 1 heterocycles. The number of rotatable bonds is 4. The van der Waals surface area contributed by atoms with Gasteiger partial charge in [0.2, 0.25) is 5.84 Å². The van der Waals surface area contributed by atoms with E-state index in [4.69, 9.17) is 39.6 Å². The van der Waals surface area contributed by atoms with Crippen molar-refractivity contribution in [2.75, 3.05) is 0 Å². The molecule has 0 radical (unpaired) electrons. The Balaban J connectivity index is 2.08. The summed E-state index contributed by atoms with van der Waals surface area (Å²) in [5.74, 6) is 11.2. The highest BCUT2D eigenvalue weighted by atomic mass is 35.5. The number of hydrazone groups is 1. The Hall–Kier alpha value is -2.09. The van der Waals surface area contributed by atoms with Crippen LogP contribution in [0.2, 0.25) is 10.0 Å². The molecule has 110 valence electrons. The Morgan fingerprint density at radius 1 is 1.24 bits per heavy atom. The molecule has 21 heavy (non-hydrogen) atoms. The zero-order valence-electron chi connectivity index (χ0n) is 10.8. The second kappa shape index (κ2) is 7.07. The highest BCUT2D eigenvalue weighted by Crippen LogP contribution is 2.25. The monoisotopic (exact) mass is 326 g/mol. The molecular formula is C12H12Cl2N6O. The molecule has 0 aliphatic carbocycles. The van der Waals surface area contributed by atoms with E-state index in [0.717, 1.165) is 0 Å². The first kappa shape index (κ1) is 15.3. The molecule has 2 aromatic rings. The Kier molecular flexibility index (Phi) is 5.15. The van der Waals surface area contributed by atoms with Gasteiger partial charge in [-0.25, -0.2) is 15.8 Å². The second-order valence-electron chi connectivity index (χ2n) is 3.85. The number of benzene rings is 1. The summed E-state index contributed by atoms with van der Waals surface area (Å²) >= 11 is 12.1. The molecule has 0 saturated carbocycles. The van der Waals surface area contributed by atoms with E-state index in [-0.39, 0.29) is 18.3 Å². The number of nitrogens with zero attached hydrogens (tertiary/aromatic N) is 3. The first-order valence-corrected chi connectivity index (χ1v) is 6.54. The maximum Gasteiger partial charge on any atom is 0.204 e. The average molecular weight is 327 g/mol. The summed E-state index contributed by atoms with van der Waals surface area (Å²) in [7, 11) is 0. The summed E-state index contributed by atoms with van der Waals surface area (Å²) in [6.07, 6.45) is 2.94. The van der Waals surface area contributed by atoms with Crippen molar-refractivity contribution in [3.63, 3.8) is 0 Å². The number of ether oxygens (including phenoxy) is 1. The number of aromatic nitrogens is 2. The van der Waals surface area contributed by atoms with Crippen LogP contribution in [-0.2, 0) is 6.61 Å². The topological polar surface area (TPSA) is 111 Å². The van der Waals surface area contributed by atoms with E-state index in [2.05, 4.69) is 20.5 Å². The summed E-state index contributed by atoms with van der Waals surface area (Å²) in [5, 5.41) is 4.47. The smallest absolute Gasteiger partial charge is 0.204 e. The number of nitrogens with one attached hydrogen (secondary N) is 1. The molecule has 0 unspecified atom stereocenters. The molecule has 0 bridgehead atoms. The van der Waals surface area contributed by atoms with Gasteiger partial charge >= 0.3 is 0 Å². The molecule has 0 fully saturated rings. The number of halogens is 2. The van der Waals surface area contributed by atoms with Crippen LogP contribution in [0, 0.1) is 0 Å². The van der Waals surface area contributed by atoms with Gasteiger partial charge in [0.1, 0.15) is 6.61 Å². The van der Waals surface area contributed by atoms with Crippen LogP contribution in [0.4, 0.5) is 0 Å². The van der Waals surface area contributed by atoms with Gasteiger partial charge in [0.05, 0.1) is 12.4 Å². The highest BCUT2D eigenvalue weighted by molar-refractivity contribution is 6.35. The van der Waals surface area contributed by atoms with Gasteiger partial charge in [-0.15, -0.1) is 0 Å². The SMILES string of the molecule is N/N=C(\NN)c1ncc(OCc2c(Cl)cccc2Cl)cn1. The third kappa shape index (κ3) is 3.72. The molecule has 2 rings (SSSR count). The number of amidine groups is 1. The van der Waals surface area contributed by atoms with E-state index >= 15 is 0 Å². The van der Waals surface area contributed by atoms with Gasteiger partial charge in [-0.2, -0.15) is 5.10 Å². The normalized spacial score (nSPS) is 11.3. The molecule has 0 aliphatic rings. The average Bonchev–Trinajstić information content (AvgIpc) is 2.49. The third-order valence-corrected chi connectivity index (χ3v) is 3.26. The van der Waals surface area contributed by atoms with Gasteiger partial charge in [0.25, 0.3) is 0 Å². The molecule has 1 aromatic carbocycles. The predicted molar refractivity (Wildman–Crippen MR) is 80.9 cm³/mol. The maximum absolute atomic E-state index is 6.05. The van der Waals surface area contributed by atoms with Crippen LogP contribution in [0.3, 0.4) is 0 Å². The fraction of sp³-hybridized carbons (Fsp3) is 0.0833. The lowest BCUT2D eigenvalue weighted by atomic mass is 10.2. The molecular weight excluding hydrogens is 315 g/mol. The first-order valence-electron chi connectivity index (χ1n) is 5.78. The molecule has 0 atom stereocenters. The van der Waals surface area contributed by atoms with Crippen LogP contribution in [0.5, 0.6) is 5.75 Å². The van der Waals surface area contributed by atoms with Gasteiger partial charge in [-0.05, 0) is 12.1 Å². The summed E-state index contributed by atoms with van der Waals surface area (Å²) in [5.41, 5.74) is 2.98. The summed E-state index contributed by atoms with van der Waals surface area (Å²) in [6.45, 7) is 0.203. The van der Waals surface area contributed by atoms with Crippen LogP contribution >= 0.6 is 23.2 Å². The molecule has 9 heteroatoms. The first-order chi connectivity index (χ1) is 10.2. The van der Waals surface area contributed by atoms with Gasteiger partial charge in [-0.3, -0.25) is 0 Å². The van der Waals surface area contributed by atoms with Gasteiger partial charge in [0, 0.05) is 15.6 Å². The minimum atomic E-state index is 0.163. The van der Waals surface area contributed by atoms with E-state index in [1.807, 2.05) is 0 Å². The lowest BCUT2D eigenvalue weighted by Crippen LogP contribution is -2.33. The van der Waals surface area contributed by atoms with Crippen LogP contribution in [0.1, 0.15) is 11.4 Å². The lowest BCUT2D eigenvalue weighted by Gasteiger charge is -2.09. The van der Waals surface area contributed by atoms with Gasteiger partial charge < -0.3 is 16.0 Å². The Bertz CT molecular complexity index is 626. The third-order valence-electron chi connectivity index (χ3n) is 2.55. The van der Waals surface area contributed by atoms with E-state index in [9.17, 15) is 0 Å². The maximum atomic E-state index is 6.05. The predicted octanol–water partition coefficient (Wildman–Crippen LogP) is 1.45. The van der Waals surface area contributed by atoms with Gasteiger partial charge in [-0.1, -0.05) is 29.3 Å². The van der Waals surface area contributed by atoms with Crippen molar-refractivity contribution in [3.05, 3.63) is 52.0 Å². The van der Waals surface area contributed by atoms with E-state index < -0.39 is 0 Å². The lowest BCUT2D eigenvalue weighted by molar-refractivity contribution is 0.303. The van der Waals surface area contributed by atoms with Crippen LogP contribution < -0.4 is 21.8 Å². The Labute approximate surface area is 130 Å². The number of hydrogen-bond donors (Lipinski definition) is 3. The van der Waals surface area contributed by atoms with E-state index in [1.54, 1.807) is 18.2 Å². The standard InChI is InChI=1S/C12H12Cl2N6O/c13-9-2-1-3-10(14)8(9)6-21-7-4-17-11(18-5-7)12(19-15)20-16/h1-5H,6,15-16H2,(H,19,20). The zero-order valence-corrected chi connectivity index (χ0v) is 12.3. The van der Waals surface area contributed by atoms with Crippen molar-refractivity contribution in [2.45, 2.75) is 6.61 Å². The largest absolute Gasteiger partial charge is 0.486 e. The van der Waals surface area contributed by atoms with Crippen LogP contribution in [0.15, 0.2) is 35.7 Å². The van der Waals surface area contributed by atoms with Crippen molar-refractivity contribution < 1.29 is 4.74 Å². The fourth-order valence-electron chi connectivity index (χ4n) is 1.50. The highest BCUT2D eigenvalue weighted by Gasteiger charge is 2.08. The summed E-state index contributed by atoms with van der Waals surface area (Å²) in [6, 6.07) is 5.24. The van der Waals surface area contributed by atoms with Crippen molar-refractivity contribution >= 4 is 29.0 Å². The van der Waals surface area contributed by atoms with Crippen LogP contribution in [-0.4, -0.2) is 15.8 Å². The molecule has 0 amide bonds. The fourth-order valence-corrected chi connectivity index (χ4v) is 2.00. The summed E-state index contributed by atoms with van der Waals surface area (Å²) in [4.78, 5) is 8.04. The minimum absolute atomic E-state index is 0.163. The van der Waals surface area contributed by atoms with Gasteiger partial charge in [0.15, 0.2) is 11.6 Å². The van der Waals surface area contributed by atoms with Crippen molar-refractivity contribution in [2.24, 2.45) is 16.8 Å². The van der Waals surface area contributed by atoms with E-state index in [1.165, 1.54) is 12.4 Å². The number of nitrogens with two attached hydrogens (primary N) is 2. The zero-order chi connectivity index (χ0) is 15.2. The Morgan fingerprint density at radius 3 is 2.38 bits per heavy atom. The number of hydrazine groups is 1. The molecule has 1 aromatic heterocycles. The van der Waals surface area contributed by atoms with Crippen molar-refractivity contribution in [3.8, 4) is 5.75 Å². The Morgan fingerprint density at radius 2 is 1.86 bits per heavy atom. The summed E-state index contributed by atoms with van der Waals surface area (Å²) < 4.78 is 5.54. The van der Waals surface area contributed by atoms with E-state index in [0.29, 0.717) is 21.4 Å². The van der Waals surface area contributed by atoms with Crippen molar-refractivity contribution in [1.82, 2.24) is 15.4 Å².